The number of Topliss-reactive ketones (excluding diaryl/α,β-unsaturated/α-hetero) is 1. The number of ketones is 1. The topological polar surface area (TPSA) is 158 Å². The second kappa shape index (κ2) is 28.7. The minimum Gasteiger partial charge on any atom is -0.491 e. The molecule has 3 aromatic rings. The number of amides is 2. The molecule has 2 aliphatic heterocycles. The first-order valence-corrected chi connectivity index (χ1v) is 26.3. The van der Waals surface area contributed by atoms with Crippen LogP contribution in [0.25, 0.3) is 10.4 Å². The van der Waals surface area contributed by atoms with Crippen LogP contribution in [0.2, 0.25) is 0 Å². The number of azide groups is 1. The van der Waals surface area contributed by atoms with E-state index in [1.54, 1.807) is 24.3 Å². The SMILES string of the molecule is CCCN1\C(=C/C=C/C=C/C2=[N+](CCC)c3ccc(C)cc3C2(C)C)C(C)(CCCCCC(=O)CCCNC(=O)c2cccc(OCC(N=[N+]=[N-])OCCOCC(=O)NCC#CC(C)C)c2)c2cc(C)ccc21. The molecule has 2 aliphatic rings. The van der Waals surface area contributed by atoms with Crippen molar-refractivity contribution in [3.63, 3.8) is 0 Å². The average Bonchev–Trinajstić information content (AvgIpc) is 3.70. The number of nitrogens with zero attached hydrogens (tertiary/aromatic N) is 5. The van der Waals surface area contributed by atoms with Crippen molar-refractivity contribution in [2.45, 2.75) is 137 Å². The number of carbonyl (C=O) groups excluding carboxylic acids is 3. The second-order valence-electron chi connectivity index (χ2n) is 20.1. The summed E-state index contributed by atoms with van der Waals surface area (Å²) in [6.07, 6.45) is 17.6. The molecule has 73 heavy (non-hydrogen) atoms. The lowest BCUT2D eigenvalue weighted by molar-refractivity contribution is -0.437. The number of benzene rings is 3. The fraction of sp³-hybridized carbons (Fsp3) is 0.500. The van der Waals surface area contributed by atoms with E-state index in [9.17, 15) is 14.4 Å². The monoisotopic (exact) mass is 995 g/mol. The number of fused-ring (bicyclic) bond motifs is 2. The number of ether oxygens (including phenoxy) is 3. The molecule has 0 saturated heterocycles. The summed E-state index contributed by atoms with van der Waals surface area (Å²) in [6, 6.07) is 20.4. The molecular formula is C60H80N7O6+. The largest absolute Gasteiger partial charge is 0.491 e. The number of allylic oxidation sites excluding steroid dienone is 6. The highest BCUT2D eigenvalue weighted by molar-refractivity contribution is 6.03. The average molecular weight is 995 g/mol. The summed E-state index contributed by atoms with van der Waals surface area (Å²) in [4.78, 5) is 43.2. The summed E-state index contributed by atoms with van der Waals surface area (Å²) in [5.41, 5.74) is 19.8. The van der Waals surface area contributed by atoms with Gasteiger partial charge in [0.05, 0.1) is 25.2 Å². The van der Waals surface area contributed by atoms with Gasteiger partial charge >= 0.3 is 0 Å². The first kappa shape index (κ1) is 57.5. The first-order chi connectivity index (χ1) is 35.1. The van der Waals surface area contributed by atoms with Gasteiger partial charge in [-0.25, -0.2) is 0 Å². The van der Waals surface area contributed by atoms with Gasteiger partial charge in [0.1, 0.15) is 31.3 Å². The van der Waals surface area contributed by atoms with Crippen LogP contribution < -0.4 is 20.3 Å². The normalized spacial score (nSPS) is 16.6. The van der Waals surface area contributed by atoms with Gasteiger partial charge in [0.25, 0.3) is 5.91 Å². The number of aryl methyl sites for hydroxylation is 2. The van der Waals surface area contributed by atoms with Crippen molar-refractivity contribution in [1.29, 1.82) is 0 Å². The molecule has 0 bridgehead atoms. The van der Waals surface area contributed by atoms with E-state index in [0.717, 1.165) is 51.6 Å². The van der Waals surface area contributed by atoms with Gasteiger partial charge in [-0.2, -0.15) is 4.58 Å². The Balaban J connectivity index is 1.06. The minimum absolute atomic E-state index is 0.0650. The quantitative estimate of drug-likeness (QED) is 0.0133. The fourth-order valence-electron chi connectivity index (χ4n) is 9.62. The summed E-state index contributed by atoms with van der Waals surface area (Å²) in [5, 5.41) is 9.20. The van der Waals surface area contributed by atoms with Crippen LogP contribution in [0.4, 0.5) is 11.4 Å². The fourth-order valence-corrected chi connectivity index (χ4v) is 9.62. The Kier molecular flexibility index (Phi) is 22.6. The van der Waals surface area contributed by atoms with Crippen molar-refractivity contribution in [2.75, 3.05) is 57.5 Å². The van der Waals surface area contributed by atoms with E-state index < -0.39 is 6.23 Å². The first-order valence-electron chi connectivity index (χ1n) is 26.3. The Labute approximate surface area is 435 Å². The minimum atomic E-state index is -0.954. The molecule has 0 fully saturated rings. The molecule has 2 amide bonds. The number of anilines is 1. The van der Waals surface area contributed by atoms with Gasteiger partial charge in [-0.3, -0.25) is 14.4 Å². The molecule has 2 unspecified atom stereocenters. The van der Waals surface area contributed by atoms with E-state index in [-0.39, 0.29) is 67.3 Å². The lowest BCUT2D eigenvalue weighted by atomic mass is 9.76. The molecule has 13 heteroatoms. The van der Waals surface area contributed by atoms with Gasteiger partial charge in [0.15, 0.2) is 11.9 Å². The Hall–Kier alpha value is -6.45. The van der Waals surface area contributed by atoms with Gasteiger partial charge in [0.2, 0.25) is 11.6 Å². The van der Waals surface area contributed by atoms with Crippen LogP contribution in [-0.2, 0) is 29.9 Å². The molecule has 0 aromatic heterocycles. The zero-order valence-corrected chi connectivity index (χ0v) is 45.0. The van der Waals surface area contributed by atoms with Crippen LogP contribution in [0.3, 0.4) is 0 Å². The number of carbonyl (C=O) groups is 3. The Morgan fingerprint density at radius 1 is 0.890 bits per heavy atom. The summed E-state index contributed by atoms with van der Waals surface area (Å²) in [5.74, 6) is 6.10. The van der Waals surface area contributed by atoms with Crippen LogP contribution in [0.15, 0.2) is 102 Å². The second-order valence-corrected chi connectivity index (χ2v) is 20.1. The van der Waals surface area contributed by atoms with E-state index in [2.05, 4.69) is 157 Å². The van der Waals surface area contributed by atoms with Gasteiger partial charge in [-0.1, -0.05) is 111 Å². The van der Waals surface area contributed by atoms with Gasteiger partial charge in [-0.05, 0) is 108 Å². The summed E-state index contributed by atoms with van der Waals surface area (Å²) in [6.45, 7) is 22.3. The molecule has 13 nitrogen and oxygen atoms in total. The van der Waals surface area contributed by atoms with Gasteiger partial charge in [0, 0.05) is 83.3 Å². The lowest BCUT2D eigenvalue weighted by Gasteiger charge is -2.30. The van der Waals surface area contributed by atoms with Crippen molar-refractivity contribution < 1.29 is 33.2 Å². The summed E-state index contributed by atoms with van der Waals surface area (Å²) < 4.78 is 19.2. The van der Waals surface area contributed by atoms with Gasteiger partial charge < -0.3 is 29.7 Å². The Morgan fingerprint density at radius 2 is 1.66 bits per heavy atom. The van der Waals surface area contributed by atoms with E-state index in [0.29, 0.717) is 37.1 Å². The third kappa shape index (κ3) is 16.5. The van der Waals surface area contributed by atoms with Crippen LogP contribution in [0.1, 0.15) is 139 Å². The van der Waals surface area contributed by atoms with Gasteiger partial charge in [-0.15, -0.1) is 0 Å². The molecular weight excluding hydrogens is 915 g/mol. The van der Waals surface area contributed by atoms with E-state index in [4.69, 9.17) is 19.7 Å². The lowest BCUT2D eigenvalue weighted by Crippen LogP contribution is -2.29. The number of hydrogen-bond acceptors (Lipinski definition) is 8. The molecule has 2 atom stereocenters. The maximum Gasteiger partial charge on any atom is 0.251 e. The Bertz CT molecular complexity index is 2610. The van der Waals surface area contributed by atoms with Crippen molar-refractivity contribution in [2.24, 2.45) is 11.0 Å². The molecule has 0 spiro atoms. The van der Waals surface area contributed by atoms with Crippen LogP contribution in [0, 0.1) is 31.6 Å². The number of nitrogens with one attached hydrogen (secondary N) is 2. The predicted molar refractivity (Wildman–Crippen MR) is 294 cm³/mol. The van der Waals surface area contributed by atoms with Crippen LogP contribution in [0.5, 0.6) is 5.75 Å². The van der Waals surface area contributed by atoms with Crippen molar-refractivity contribution >= 4 is 34.7 Å². The highest BCUT2D eigenvalue weighted by Crippen LogP contribution is 2.51. The zero-order valence-electron chi connectivity index (χ0n) is 45.0. The third-order valence-electron chi connectivity index (χ3n) is 13.3. The maximum absolute atomic E-state index is 13.0. The molecule has 5 rings (SSSR count). The molecule has 0 radical (unpaired) electrons. The van der Waals surface area contributed by atoms with E-state index in [1.165, 1.54) is 45.0 Å². The molecule has 2 heterocycles. The molecule has 3 aromatic carbocycles. The standard InChI is InChI=1S/C60H79N7O6/c1-10-35-66-52-30-28-45(5)39-50(52)59(7,8)54(66)26-15-12-16-27-55-60(9,51-40-46(6)29-31-53(51)67(55)36-11-2)32-17-13-14-23-48(68)24-20-34-63-58(70)47-22-18-25-49(41-47)73-43-57(64-65-61)72-38-37-71-42-56(69)62-33-19-21-44(3)4/h12,15-16,18,22,25-31,39-41,44,57H,10-11,13-14,17,20,23-24,32-38,42-43H2,1-9H3,(H-,62,63,69,70)/p+1. The van der Waals surface area contributed by atoms with Crippen molar-refractivity contribution in [1.82, 2.24) is 10.6 Å². The third-order valence-corrected chi connectivity index (χ3v) is 13.3. The van der Waals surface area contributed by atoms with Crippen molar-refractivity contribution in [3.8, 4) is 17.6 Å². The van der Waals surface area contributed by atoms with E-state index >= 15 is 0 Å². The number of unbranched alkanes of at least 4 members (excludes halogenated alkanes) is 2. The highest BCUT2D eigenvalue weighted by Gasteiger charge is 2.44. The van der Waals surface area contributed by atoms with Crippen molar-refractivity contribution in [3.05, 3.63) is 135 Å². The highest BCUT2D eigenvalue weighted by atomic mass is 16.6. The summed E-state index contributed by atoms with van der Waals surface area (Å²) >= 11 is 0. The molecule has 0 aliphatic carbocycles. The number of rotatable bonds is 29. The molecule has 2 N–H and O–H groups in total. The Morgan fingerprint density at radius 3 is 2.41 bits per heavy atom. The van der Waals surface area contributed by atoms with Crippen LogP contribution in [-0.4, -0.2) is 86.7 Å². The molecule has 0 saturated carbocycles. The van der Waals surface area contributed by atoms with E-state index in [1.807, 2.05) is 13.8 Å². The summed E-state index contributed by atoms with van der Waals surface area (Å²) in [7, 11) is 0. The van der Waals surface area contributed by atoms with Crippen LogP contribution >= 0.6 is 0 Å². The maximum atomic E-state index is 13.0. The smallest absolute Gasteiger partial charge is 0.251 e. The number of hydrogen-bond donors (Lipinski definition) is 2. The zero-order chi connectivity index (χ0) is 52.8. The molecule has 390 valence electrons. The predicted octanol–water partition coefficient (Wildman–Crippen LogP) is 11.8.